The second-order valence-electron chi connectivity index (χ2n) is 3.86. The Kier molecular flexibility index (Phi) is 3.19. The molecule has 2 N–H and O–H groups in total. The van der Waals surface area contributed by atoms with Crippen LogP contribution in [0, 0.1) is 5.82 Å². The van der Waals surface area contributed by atoms with E-state index in [1.54, 1.807) is 11.9 Å². The first-order valence-corrected chi connectivity index (χ1v) is 5.34. The molecule has 1 aromatic rings. The van der Waals surface area contributed by atoms with E-state index < -0.39 is 11.9 Å². The number of nitrogens with zero attached hydrogens (tertiary/aromatic N) is 3. The van der Waals surface area contributed by atoms with Gasteiger partial charge in [-0.3, -0.25) is 0 Å². The zero-order valence-corrected chi connectivity index (χ0v) is 9.15. The summed E-state index contributed by atoms with van der Waals surface area (Å²) in [6.45, 7) is 1.14. The average molecular weight is 226 g/mol. The molecule has 1 aliphatic heterocycles. The minimum Gasteiger partial charge on any atom is -0.391 e. The van der Waals surface area contributed by atoms with Gasteiger partial charge in [0.2, 0.25) is 5.95 Å². The highest BCUT2D eigenvalue weighted by Gasteiger charge is 2.21. The Labute approximate surface area is 93.3 Å². The van der Waals surface area contributed by atoms with Gasteiger partial charge in [-0.1, -0.05) is 0 Å². The number of hydrogen-bond donors (Lipinski definition) is 2. The van der Waals surface area contributed by atoms with Crippen LogP contribution in [0.5, 0.6) is 0 Å². The van der Waals surface area contributed by atoms with E-state index in [1.165, 1.54) is 0 Å². The monoisotopic (exact) mass is 226 g/mol. The zero-order chi connectivity index (χ0) is 11.5. The zero-order valence-electron chi connectivity index (χ0n) is 9.15. The molecule has 1 unspecified atom stereocenters. The molecule has 0 aliphatic carbocycles. The molecule has 1 atom stereocenters. The number of hydrogen-bond acceptors (Lipinski definition) is 5. The van der Waals surface area contributed by atoms with Crippen molar-refractivity contribution in [1.82, 2.24) is 9.97 Å². The van der Waals surface area contributed by atoms with Gasteiger partial charge in [0, 0.05) is 20.1 Å². The van der Waals surface area contributed by atoms with E-state index in [4.69, 9.17) is 0 Å². The lowest BCUT2D eigenvalue weighted by atomic mass is 10.1. The van der Waals surface area contributed by atoms with Crippen LogP contribution in [0.15, 0.2) is 6.20 Å². The van der Waals surface area contributed by atoms with Crippen LogP contribution in [0.2, 0.25) is 0 Å². The van der Waals surface area contributed by atoms with E-state index in [-0.39, 0.29) is 5.82 Å². The van der Waals surface area contributed by atoms with Crippen LogP contribution in [0.4, 0.5) is 16.2 Å². The Balaban J connectivity index is 2.24. The second kappa shape index (κ2) is 4.61. The second-order valence-corrected chi connectivity index (χ2v) is 3.86. The molecular weight excluding hydrogens is 211 g/mol. The molecule has 0 saturated carbocycles. The summed E-state index contributed by atoms with van der Waals surface area (Å²) in [5, 5.41) is 12.3. The van der Waals surface area contributed by atoms with Crippen LogP contribution >= 0.6 is 0 Å². The largest absolute Gasteiger partial charge is 0.391 e. The number of β-amino-alcohol motifs (C(OH)–C–C–N with tert-alkyl or cyclic N) is 1. The van der Waals surface area contributed by atoms with E-state index in [2.05, 4.69) is 15.3 Å². The van der Waals surface area contributed by atoms with Crippen LogP contribution in [-0.2, 0) is 0 Å². The predicted molar refractivity (Wildman–Crippen MR) is 59.0 cm³/mol. The fourth-order valence-corrected chi connectivity index (χ4v) is 1.85. The van der Waals surface area contributed by atoms with Crippen molar-refractivity contribution in [2.24, 2.45) is 0 Å². The molecular formula is C10H15FN4O. The third-order valence-electron chi connectivity index (χ3n) is 2.65. The van der Waals surface area contributed by atoms with Gasteiger partial charge in [-0.15, -0.1) is 0 Å². The Hall–Kier alpha value is -1.43. The lowest BCUT2D eigenvalue weighted by Gasteiger charge is -2.31. The first kappa shape index (κ1) is 11.1. The van der Waals surface area contributed by atoms with Crippen molar-refractivity contribution in [3.63, 3.8) is 0 Å². The van der Waals surface area contributed by atoms with Crippen molar-refractivity contribution in [3.05, 3.63) is 12.0 Å². The maximum Gasteiger partial charge on any atom is 0.224 e. The smallest absolute Gasteiger partial charge is 0.224 e. The summed E-state index contributed by atoms with van der Waals surface area (Å²) in [6, 6.07) is 0. The highest BCUT2D eigenvalue weighted by molar-refractivity contribution is 5.44. The maximum atomic E-state index is 13.5. The van der Waals surface area contributed by atoms with Gasteiger partial charge in [-0.25, -0.2) is 9.37 Å². The topological polar surface area (TPSA) is 61.3 Å². The highest BCUT2D eigenvalue weighted by atomic mass is 19.1. The van der Waals surface area contributed by atoms with Gasteiger partial charge in [0.1, 0.15) is 0 Å². The van der Waals surface area contributed by atoms with Gasteiger partial charge < -0.3 is 15.3 Å². The van der Waals surface area contributed by atoms with Gasteiger partial charge in [-0.05, 0) is 12.8 Å². The molecule has 1 saturated heterocycles. The van der Waals surface area contributed by atoms with Crippen LogP contribution in [-0.4, -0.2) is 41.3 Å². The van der Waals surface area contributed by atoms with Crippen molar-refractivity contribution in [2.75, 3.05) is 30.4 Å². The molecule has 0 radical (unpaired) electrons. The Bertz CT molecular complexity index is 374. The Morgan fingerprint density at radius 1 is 1.62 bits per heavy atom. The molecule has 0 amide bonds. The van der Waals surface area contributed by atoms with Crippen molar-refractivity contribution in [2.45, 2.75) is 18.9 Å². The first-order valence-electron chi connectivity index (χ1n) is 5.34. The van der Waals surface area contributed by atoms with Crippen molar-refractivity contribution in [3.8, 4) is 0 Å². The van der Waals surface area contributed by atoms with Crippen molar-refractivity contribution < 1.29 is 9.50 Å². The number of rotatable bonds is 2. The maximum absolute atomic E-state index is 13.5. The molecule has 2 heterocycles. The lowest BCUT2D eigenvalue weighted by molar-refractivity contribution is 0.153. The third kappa shape index (κ3) is 2.21. The van der Waals surface area contributed by atoms with Crippen LogP contribution in [0.25, 0.3) is 0 Å². The summed E-state index contributed by atoms with van der Waals surface area (Å²) in [7, 11) is 1.68. The first-order chi connectivity index (χ1) is 7.70. The molecule has 1 aromatic heterocycles. The highest BCUT2D eigenvalue weighted by Crippen LogP contribution is 2.21. The molecule has 0 spiro atoms. The van der Waals surface area contributed by atoms with Gasteiger partial charge >= 0.3 is 0 Å². The van der Waals surface area contributed by atoms with E-state index in [9.17, 15) is 9.50 Å². The number of piperidine rings is 1. The molecule has 1 aliphatic rings. The molecule has 88 valence electrons. The Morgan fingerprint density at radius 3 is 3.12 bits per heavy atom. The van der Waals surface area contributed by atoms with Gasteiger partial charge in [0.15, 0.2) is 11.6 Å². The van der Waals surface area contributed by atoms with E-state index >= 15 is 0 Å². The molecule has 0 aromatic carbocycles. The average Bonchev–Trinajstić information content (AvgIpc) is 2.30. The summed E-state index contributed by atoms with van der Waals surface area (Å²) in [5.41, 5.74) is 0. The van der Waals surface area contributed by atoms with Gasteiger partial charge in [0.05, 0.1) is 12.3 Å². The Morgan fingerprint density at radius 2 is 2.44 bits per heavy atom. The molecule has 16 heavy (non-hydrogen) atoms. The minimum absolute atomic E-state index is 0.262. The van der Waals surface area contributed by atoms with Crippen molar-refractivity contribution >= 4 is 11.8 Å². The summed E-state index contributed by atoms with van der Waals surface area (Å²) >= 11 is 0. The molecule has 1 fully saturated rings. The van der Waals surface area contributed by atoms with Crippen LogP contribution in [0.1, 0.15) is 12.8 Å². The summed E-state index contributed by atoms with van der Waals surface area (Å²) in [5.74, 6) is 0.197. The van der Waals surface area contributed by atoms with Crippen molar-refractivity contribution in [1.29, 1.82) is 0 Å². The quantitative estimate of drug-likeness (QED) is 0.774. The lowest BCUT2D eigenvalue weighted by Crippen LogP contribution is -2.39. The number of aromatic nitrogens is 2. The van der Waals surface area contributed by atoms with Crippen LogP contribution in [0.3, 0.4) is 0 Å². The van der Waals surface area contributed by atoms with E-state index in [0.29, 0.717) is 19.0 Å². The van der Waals surface area contributed by atoms with E-state index in [1.807, 2.05) is 0 Å². The fraction of sp³-hybridized carbons (Fsp3) is 0.600. The number of aliphatic hydroxyl groups is 1. The summed E-state index contributed by atoms with van der Waals surface area (Å²) in [4.78, 5) is 9.61. The summed E-state index contributed by atoms with van der Waals surface area (Å²) in [6.07, 6.45) is 2.36. The van der Waals surface area contributed by atoms with Gasteiger partial charge in [0.25, 0.3) is 0 Å². The normalized spacial score (nSPS) is 20.9. The number of aliphatic hydroxyl groups excluding tert-OH is 1. The van der Waals surface area contributed by atoms with Crippen LogP contribution < -0.4 is 10.2 Å². The standard InChI is InChI=1S/C10H15FN4O/c1-12-10-13-5-8(11)9(14-10)15-4-2-3-7(16)6-15/h5,7,16H,2-4,6H2,1H3,(H,12,13,14). The summed E-state index contributed by atoms with van der Waals surface area (Å²) < 4.78 is 13.5. The molecule has 5 nitrogen and oxygen atoms in total. The van der Waals surface area contributed by atoms with E-state index in [0.717, 1.165) is 19.0 Å². The number of anilines is 2. The number of nitrogens with one attached hydrogen (secondary N) is 1. The third-order valence-corrected chi connectivity index (χ3v) is 2.65. The predicted octanol–water partition coefficient (Wildman–Crippen LogP) is 0.618. The molecule has 0 bridgehead atoms. The number of halogens is 1. The fourth-order valence-electron chi connectivity index (χ4n) is 1.85. The minimum atomic E-state index is -0.451. The molecule has 2 rings (SSSR count). The van der Waals surface area contributed by atoms with Gasteiger partial charge in [-0.2, -0.15) is 4.98 Å². The SMILES string of the molecule is CNc1ncc(F)c(N2CCCC(O)C2)n1. The molecule has 6 heteroatoms.